The number of nitrogens with zero attached hydrogens (tertiary/aromatic N) is 1. The SMILES string of the molecule is CCOC(=O)NC(=S)Nc1[nH]ncc1[C@@H]1O[C@H](COC(c2ccccc2)(c2ccccc2)c2ccccc2)[C@H]2OC(C)(C)O[C@H]21. The van der Waals surface area contributed by atoms with Crippen LogP contribution in [-0.4, -0.2) is 58.7 Å². The van der Waals surface area contributed by atoms with Crippen molar-refractivity contribution in [2.45, 2.75) is 56.6 Å². The van der Waals surface area contributed by atoms with Crippen molar-refractivity contribution in [3.8, 4) is 0 Å². The molecule has 0 bridgehead atoms. The Morgan fingerprint density at radius 1 is 0.933 bits per heavy atom. The summed E-state index contributed by atoms with van der Waals surface area (Å²) in [6.07, 6.45) is -0.966. The van der Waals surface area contributed by atoms with Gasteiger partial charge in [0.25, 0.3) is 0 Å². The van der Waals surface area contributed by atoms with E-state index in [-0.39, 0.29) is 18.3 Å². The van der Waals surface area contributed by atoms with Gasteiger partial charge in [-0.3, -0.25) is 10.4 Å². The fraction of sp³-hybridized carbons (Fsp3) is 0.324. The third-order valence-corrected chi connectivity index (χ3v) is 8.06. The van der Waals surface area contributed by atoms with Gasteiger partial charge in [-0.15, -0.1) is 0 Å². The third kappa shape index (κ3) is 6.35. The number of rotatable bonds is 9. The van der Waals surface area contributed by atoms with Crippen molar-refractivity contribution in [1.29, 1.82) is 0 Å². The number of carbonyl (C=O) groups is 1. The maximum absolute atomic E-state index is 11.9. The van der Waals surface area contributed by atoms with E-state index >= 15 is 0 Å². The number of H-pyrrole nitrogens is 1. The molecule has 0 radical (unpaired) electrons. The first-order chi connectivity index (χ1) is 21.8. The van der Waals surface area contributed by atoms with Crippen molar-refractivity contribution in [2.24, 2.45) is 0 Å². The lowest BCUT2D eigenvalue weighted by molar-refractivity contribution is -0.196. The number of amides is 1. The first-order valence-electron chi connectivity index (χ1n) is 14.9. The molecule has 3 aromatic carbocycles. The van der Waals surface area contributed by atoms with Gasteiger partial charge in [-0.25, -0.2) is 4.79 Å². The molecule has 1 aromatic heterocycles. The van der Waals surface area contributed by atoms with Crippen LogP contribution < -0.4 is 10.6 Å². The van der Waals surface area contributed by atoms with E-state index < -0.39 is 41.9 Å². The smallest absolute Gasteiger partial charge is 0.413 e. The molecular formula is C34H36N4O6S. The molecule has 0 saturated carbocycles. The lowest BCUT2D eigenvalue weighted by Crippen LogP contribution is -2.39. The summed E-state index contributed by atoms with van der Waals surface area (Å²) < 4.78 is 31.5. The number of anilines is 1. The van der Waals surface area contributed by atoms with E-state index in [1.165, 1.54) is 0 Å². The lowest BCUT2D eigenvalue weighted by Gasteiger charge is -2.37. The minimum Gasteiger partial charge on any atom is -0.450 e. The summed E-state index contributed by atoms with van der Waals surface area (Å²) in [5, 5.41) is 12.6. The van der Waals surface area contributed by atoms with Gasteiger partial charge in [-0.2, -0.15) is 5.10 Å². The van der Waals surface area contributed by atoms with Crippen LogP contribution >= 0.6 is 12.2 Å². The van der Waals surface area contributed by atoms with E-state index in [9.17, 15) is 4.79 Å². The number of thiocarbonyl (C=S) groups is 1. The quantitative estimate of drug-likeness (QED) is 0.156. The van der Waals surface area contributed by atoms with Crippen LogP contribution in [-0.2, 0) is 29.3 Å². The Hall–Kier alpha value is -4.13. The Morgan fingerprint density at radius 2 is 1.49 bits per heavy atom. The standard InChI is InChI=1S/C34H36N4O6S/c1-4-40-32(39)37-31(45)36-30-25(20-35-38-30)27-29-28(43-33(2,3)44-29)26(42-27)21-41-34(22-14-8-5-9-15-22,23-16-10-6-11-17-23)24-18-12-7-13-19-24/h5-20,26-29H,4,21H2,1-3H3,(H3,35,36,37,38,39,45)/t26-,27+,28-,29+/m1/s1. The molecule has 6 rings (SSSR count). The van der Waals surface area contributed by atoms with Crippen LogP contribution in [0.15, 0.2) is 97.2 Å². The summed E-state index contributed by atoms with van der Waals surface area (Å²) in [5.41, 5.74) is 2.70. The highest BCUT2D eigenvalue weighted by atomic mass is 32.1. The zero-order valence-corrected chi connectivity index (χ0v) is 26.1. The molecule has 11 heteroatoms. The Kier molecular flexibility index (Phi) is 8.97. The molecule has 2 saturated heterocycles. The Morgan fingerprint density at radius 3 is 2.04 bits per heavy atom. The Bertz CT molecular complexity index is 1500. The molecule has 4 aromatic rings. The normalized spacial score (nSPS) is 22.0. The summed E-state index contributed by atoms with van der Waals surface area (Å²) >= 11 is 5.31. The van der Waals surface area contributed by atoms with Gasteiger partial charge in [-0.05, 0) is 49.7 Å². The molecule has 3 N–H and O–H groups in total. The van der Waals surface area contributed by atoms with E-state index in [2.05, 4.69) is 57.2 Å². The highest BCUT2D eigenvalue weighted by Crippen LogP contribution is 2.48. The average molecular weight is 629 g/mol. The number of aromatic nitrogens is 2. The van der Waals surface area contributed by atoms with Gasteiger partial charge in [0.15, 0.2) is 10.9 Å². The molecule has 0 spiro atoms. The molecule has 2 aliphatic heterocycles. The van der Waals surface area contributed by atoms with E-state index in [1.54, 1.807) is 13.1 Å². The molecule has 0 aliphatic carbocycles. The van der Waals surface area contributed by atoms with Gasteiger partial charge in [0, 0.05) is 5.56 Å². The number of alkyl carbamates (subject to hydrolysis) is 1. The minimum absolute atomic E-state index is 0.0515. The molecule has 2 aliphatic rings. The van der Waals surface area contributed by atoms with Crippen molar-refractivity contribution in [3.63, 3.8) is 0 Å². The van der Waals surface area contributed by atoms with Crippen molar-refractivity contribution in [1.82, 2.24) is 15.5 Å². The molecule has 2 fully saturated rings. The summed E-state index contributed by atoms with van der Waals surface area (Å²) in [5.74, 6) is -0.383. The topological polar surface area (TPSA) is 116 Å². The summed E-state index contributed by atoms with van der Waals surface area (Å²) in [7, 11) is 0. The predicted octanol–water partition coefficient (Wildman–Crippen LogP) is 5.82. The molecule has 10 nitrogen and oxygen atoms in total. The first kappa shape index (κ1) is 30.9. The van der Waals surface area contributed by atoms with Gasteiger partial charge in [0.2, 0.25) is 0 Å². The van der Waals surface area contributed by atoms with Crippen LogP contribution in [0.3, 0.4) is 0 Å². The number of fused-ring (bicyclic) bond motifs is 1. The molecule has 4 atom stereocenters. The van der Waals surface area contributed by atoms with Crippen LogP contribution in [0.2, 0.25) is 0 Å². The second-order valence-corrected chi connectivity index (χ2v) is 11.7. The zero-order valence-electron chi connectivity index (χ0n) is 25.3. The van der Waals surface area contributed by atoms with Crippen molar-refractivity contribution in [3.05, 3.63) is 119 Å². The number of carbonyl (C=O) groups excluding carboxylic acids is 1. The first-order valence-corrected chi connectivity index (χ1v) is 15.3. The molecule has 1 amide bonds. The predicted molar refractivity (Wildman–Crippen MR) is 172 cm³/mol. The number of hydrogen-bond acceptors (Lipinski definition) is 8. The van der Waals surface area contributed by atoms with E-state index in [1.807, 2.05) is 68.4 Å². The molecule has 0 unspecified atom stereocenters. The number of nitrogens with one attached hydrogen (secondary N) is 3. The number of aromatic amines is 1. The molecule has 3 heterocycles. The summed E-state index contributed by atoms with van der Waals surface area (Å²) in [4.78, 5) is 11.9. The molecule has 45 heavy (non-hydrogen) atoms. The number of benzene rings is 3. The minimum atomic E-state index is -0.928. The second kappa shape index (κ2) is 13.1. The van der Waals surface area contributed by atoms with E-state index in [0.717, 1.165) is 16.7 Å². The van der Waals surface area contributed by atoms with Gasteiger partial charge in [0.05, 0.1) is 19.4 Å². The van der Waals surface area contributed by atoms with Gasteiger partial charge in [0.1, 0.15) is 35.8 Å². The van der Waals surface area contributed by atoms with Crippen molar-refractivity contribution in [2.75, 3.05) is 18.5 Å². The third-order valence-electron chi connectivity index (χ3n) is 7.86. The van der Waals surface area contributed by atoms with Crippen molar-refractivity contribution >= 4 is 29.2 Å². The average Bonchev–Trinajstić information content (AvgIpc) is 3.72. The fourth-order valence-electron chi connectivity index (χ4n) is 6.06. The number of ether oxygens (including phenoxy) is 5. The maximum atomic E-state index is 11.9. The van der Waals surface area contributed by atoms with E-state index in [4.69, 9.17) is 35.9 Å². The molecular weight excluding hydrogens is 592 g/mol. The van der Waals surface area contributed by atoms with E-state index in [0.29, 0.717) is 11.4 Å². The van der Waals surface area contributed by atoms with Crippen molar-refractivity contribution < 1.29 is 28.5 Å². The van der Waals surface area contributed by atoms with Crippen LogP contribution in [0.25, 0.3) is 0 Å². The number of hydrogen-bond donors (Lipinski definition) is 3. The van der Waals surface area contributed by atoms with Gasteiger partial charge < -0.3 is 29.0 Å². The zero-order chi connectivity index (χ0) is 31.4. The van der Waals surface area contributed by atoms with Crippen LogP contribution in [0.4, 0.5) is 10.6 Å². The van der Waals surface area contributed by atoms with Crippen LogP contribution in [0.5, 0.6) is 0 Å². The van der Waals surface area contributed by atoms with Gasteiger partial charge in [-0.1, -0.05) is 91.0 Å². The monoisotopic (exact) mass is 628 g/mol. The highest BCUT2D eigenvalue weighted by molar-refractivity contribution is 7.80. The van der Waals surface area contributed by atoms with Gasteiger partial charge >= 0.3 is 6.09 Å². The Labute approximate surface area is 267 Å². The lowest BCUT2D eigenvalue weighted by atomic mass is 9.80. The van der Waals surface area contributed by atoms with Crippen LogP contribution in [0.1, 0.15) is 49.1 Å². The summed E-state index contributed by atoms with van der Waals surface area (Å²) in [6.45, 7) is 5.90. The summed E-state index contributed by atoms with van der Waals surface area (Å²) in [6, 6.07) is 30.6. The van der Waals surface area contributed by atoms with Crippen LogP contribution in [0, 0.1) is 0 Å². The molecule has 234 valence electrons. The second-order valence-electron chi connectivity index (χ2n) is 11.3. The highest BCUT2D eigenvalue weighted by Gasteiger charge is 2.57. The maximum Gasteiger partial charge on any atom is 0.413 e. The largest absolute Gasteiger partial charge is 0.450 e. The Balaban J connectivity index is 1.31. The fourth-order valence-corrected chi connectivity index (χ4v) is 6.24.